The van der Waals surface area contributed by atoms with E-state index >= 15 is 0 Å². The minimum Gasteiger partial charge on any atom is -0.504 e. The van der Waals surface area contributed by atoms with Crippen LogP contribution in [0.1, 0.15) is 28.2 Å². The first-order valence-corrected chi connectivity index (χ1v) is 10.6. The van der Waals surface area contributed by atoms with Crippen LogP contribution in [0.4, 0.5) is 13.2 Å². The molecule has 0 unspecified atom stereocenters. The number of phenols is 1. The maximum Gasteiger partial charge on any atom is 0.433 e. The topological polar surface area (TPSA) is 82.3 Å². The third-order valence-corrected chi connectivity index (χ3v) is 5.07. The quantitative estimate of drug-likeness (QED) is 0.353. The molecule has 4 aromatic rings. The lowest BCUT2D eigenvalue weighted by atomic mass is 10.1. The molecule has 0 radical (unpaired) electrons. The summed E-state index contributed by atoms with van der Waals surface area (Å²) in [4.78, 5) is 7.65. The van der Waals surface area contributed by atoms with E-state index in [2.05, 4.69) is 15.1 Å². The van der Waals surface area contributed by atoms with Gasteiger partial charge in [-0.15, -0.1) is 0 Å². The van der Waals surface area contributed by atoms with Crippen LogP contribution in [0, 0.1) is 0 Å². The van der Waals surface area contributed by atoms with Crippen molar-refractivity contribution in [2.45, 2.75) is 6.18 Å². The SMILES string of the molecule is COc1cccc(/C=C/c2cc(/C=C/c3ccc(O)c(OC)c3)n(-c3nccc(C(F)(F)F)n3)n2)c1. The maximum absolute atomic E-state index is 13.2. The summed E-state index contributed by atoms with van der Waals surface area (Å²) in [6.45, 7) is 0. The number of hydrogen-bond acceptors (Lipinski definition) is 6. The van der Waals surface area contributed by atoms with Crippen molar-refractivity contribution >= 4 is 24.3 Å². The second-order valence-electron chi connectivity index (χ2n) is 7.52. The second-order valence-corrected chi connectivity index (χ2v) is 7.52. The fraction of sp³-hybridized carbons (Fsp3) is 0.115. The molecular formula is C26H21F3N4O3. The molecule has 0 bridgehead atoms. The van der Waals surface area contributed by atoms with Gasteiger partial charge in [-0.3, -0.25) is 0 Å². The van der Waals surface area contributed by atoms with E-state index in [0.29, 0.717) is 22.7 Å². The van der Waals surface area contributed by atoms with Crippen molar-refractivity contribution in [1.29, 1.82) is 0 Å². The minimum absolute atomic E-state index is 0.0120. The molecule has 36 heavy (non-hydrogen) atoms. The summed E-state index contributed by atoms with van der Waals surface area (Å²) in [5.74, 6) is 0.734. The molecule has 0 saturated carbocycles. The third-order valence-electron chi connectivity index (χ3n) is 5.07. The minimum atomic E-state index is -4.63. The highest BCUT2D eigenvalue weighted by Gasteiger charge is 2.33. The number of benzene rings is 2. The van der Waals surface area contributed by atoms with Gasteiger partial charge in [0.2, 0.25) is 0 Å². The van der Waals surface area contributed by atoms with E-state index < -0.39 is 11.9 Å². The zero-order chi connectivity index (χ0) is 25.7. The highest BCUT2D eigenvalue weighted by molar-refractivity contribution is 5.73. The number of rotatable bonds is 7. The Labute approximate surface area is 204 Å². The monoisotopic (exact) mass is 494 g/mol. The fourth-order valence-corrected chi connectivity index (χ4v) is 3.29. The molecule has 0 saturated heterocycles. The smallest absolute Gasteiger partial charge is 0.433 e. The lowest BCUT2D eigenvalue weighted by Gasteiger charge is -2.08. The van der Waals surface area contributed by atoms with Gasteiger partial charge < -0.3 is 14.6 Å². The molecule has 0 fully saturated rings. The van der Waals surface area contributed by atoms with Gasteiger partial charge in [-0.05, 0) is 59.7 Å². The standard InChI is InChI=1S/C26H21F3N4O3/c1-35-21-5-3-4-17(14-21)6-9-19-16-20(10-7-18-8-11-22(34)23(15-18)36-2)33(32-19)25-30-13-12-24(31-25)26(27,28)29/h3-16,34H,1-2H3/b9-6+,10-7+. The molecule has 2 heterocycles. The molecular weight excluding hydrogens is 473 g/mol. The van der Waals surface area contributed by atoms with Gasteiger partial charge in [-0.1, -0.05) is 30.4 Å². The van der Waals surface area contributed by atoms with Crippen molar-refractivity contribution in [3.8, 4) is 23.2 Å². The summed E-state index contributed by atoms with van der Waals surface area (Å²) in [7, 11) is 3.01. The van der Waals surface area contributed by atoms with Crippen LogP contribution in [-0.2, 0) is 6.18 Å². The molecule has 0 atom stereocenters. The average Bonchev–Trinajstić information content (AvgIpc) is 3.30. The van der Waals surface area contributed by atoms with E-state index in [1.54, 1.807) is 49.6 Å². The number of aromatic hydroxyl groups is 1. The largest absolute Gasteiger partial charge is 0.504 e. The molecule has 10 heteroatoms. The van der Waals surface area contributed by atoms with Crippen LogP contribution in [0.3, 0.4) is 0 Å². The average molecular weight is 494 g/mol. The zero-order valence-electron chi connectivity index (χ0n) is 19.3. The van der Waals surface area contributed by atoms with Crippen molar-refractivity contribution in [2.24, 2.45) is 0 Å². The first kappa shape index (κ1) is 24.5. The Morgan fingerprint density at radius 3 is 2.42 bits per heavy atom. The highest BCUT2D eigenvalue weighted by atomic mass is 19.4. The number of methoxy groups -OCH3 is 2. The number of phenolic OH excluding ortho intramolecular Hbond substituents is 1. The van der Waals surface area contributed by atoms with Gasteiger partial charge in [-0.25, -0.2) is 9.97 Å². The summed E-state index contributed by atoms with van der Waals surface area (Å²) in [6, 6.07) is 14.6. The van der Waals surface area contributed by atoms with E-state index in [1.807, 2.05) is 24.3 Å². The van der Waals surface area contributed by atoms with Gasteiger partial charge >= 0.3 is 6.18 Å². The van der Waals surface area contributed by atoms with Crippen molar-refractivity contribution in [3.63, 3.8) is 0 Å². The van der Waals surface area contributed by atoms with Crippen LogP contribution >= 0.6 is 0 Å². The maximum atomic E-state index is 13.2. The number of aromatic nitrogens is 4. The summed E-state index contributed by atoms with van der Waals surface area (Å²) < 4.78 is 51.3. The Morgan fingerprint density at radius 2 is 1.67 bits per heavy atom. The lowest BCUT2D eigenvalue weighted by Crippen LogP contribution is -2.12. The van der Waals surface area contributed by atoms with Crippen molar-refractivity contribution in [1.82, 2.24) is 19.7 Å². The van der Waals surface area contributed by atoms with E-state index in [0.717, 1.165) is 17.8 Å². The molecule has 2 aromatic carbocycles. The molecule has 7 nitrogen and oxygen atoms in total. The van der Waals surface area contributed by atoms with Crippen LogP contribution in [0.5, 0.6) is 17.2 Å². The molecule has 2 aromatic heterocycles. The van der Waals surface area contributed by atoms with Gasteiger partial charge in [0, 0.05) is 6.20 Å². The second kappa shape index (κ2) is 10.3. The van der Waals surface area contributed by atoms with E-state index in [9.17, 15) is 18.3 Å². The summed E-state index contributed by atoms with van der Waals surface area (Å²) >= 11 is 0. The van der Waals surface area contributed by atoms with Crippen LogP contribution in [0.2, 0.25) is 0 Å². The molecule has 0 aliphatic carbocycles. The molecule has 0 aliphatic heterocycles. The summed E-state index contributed by atoms with van der Waals surface area (Å²) in [5.41, 5.74) is 1.38. The van der Waals surface area contributed by atoms with Gasteiger partial charge in [0.15, 0.2) is 11.5 Å². The van der Waals surface area contributed by atoms with E-state index in [4.69, 9.17) is 9.47 Å². The normalized spacial score (nSPS) is 11.9. The van der Waals surface area contributed by atoms with Gasteiger partial charge in [0.25, 0.3) is 5.95 Å². The van der Waals surface area contributed by atoms with Crippen molar-refractivity contribution in [2.75, 3.05) is 14.2 Å². The summed E-state index contributed by atoms with van der Waals surface area (Å²) in [6.07, 6.45) is 3.31. The number of ether oxygens (including phenoxy) is 2. The van der Waals surface area contributed by atoms with Crippen molar-refractivity contribution in [3.05, 3.63) is 89.0 Å². The van der Waals surface area contributed by atoms with Gasteiger partial charge in [-0.2, -0.15) is 23.0 Å². The number of halogens is 3. The Hall–Kier alpha value is -4.60. The first-order chi connectivity index (χ1) is 17.3. The highest BCUT2D eigenvalue weighted by Crippen LogP contribution is 2.29. The number of hydrogen-bond donors (Lipinski definition) is 1. The van der Waals surface area contributed by atoms with Crippen LogP contribution in [0.15, 0.2) is 60.8 Å². The molecule has 0 aliphatic rings. The number of alkyl halides is 3. The molecule has 184 valence electrons. The predicted molar refractivity (Wildman–Crippen MR) is 130 cm³/mol. The summed E-state index contributed by atoms with van der Waals surface area (Å²) in [5, 5.41) is 14.2. The predicted octanol–water partition coefficient (Wildman–Crippen LogP) is 5.74. The van der Waals surface area contributed by atoms with Gasteiger partial charge in [0.05, 0.1) is 25.6 Å². The lowest BCUT2D eigenvalue weighted by molar-refractivity contribution is -0.141. The Bertz CT molecular complexity index is 1430. The number of nitrogens with zero attached hydrogens (tertiary/aromatic N) is 4. The fourth-order valence-electron chi connectivity index (χ4n) is 3.29. The van der Waals surface area contributed by atoms with E-state index in [-0.39, 0.29) is 17.4 Å². The van der Waals surface area contributed by atoms with E-state index in [1.165, 1.54) is 17.9 Å². The molecule has 0 spiro atoms. The van der Waals surface area contributed by atoms with Crippen LogP contribution < -0.4 is 9.47 Å². The van der Waals surface area contributed by atoms with Crippen LogP contribution in [0.25, 0.3) is 30.3 Å². The molecule has 1 N–H and O–H groups in total. The van der Waals surface area contributed by atoms with Crippen LogP contribution in [-0.4, -0.2) is 39.1 Å². The Kier molecular flexibility index (Phi) is 7.05. The third kappa shape index (κ3) is 5.72. The molecule has 4 rings (SSSR count). The Morgan fingerprint density at radius 1 is 0.889 bits per heavy atom. The Balaban J connectivity index is 1.74. The first-order valence-electron chi connectivity index (χ1n) is 10.6. The zero-order valence-corrected chi connectivity index (χ0v) is 19.3. The van der Waals surface area contributed by atoms with Crippen molar-refractivity contribution < 1.29 is 27.8 Å². The molecule has 0 amide bonds. The van der Waals surface area contributed by atoms with Gasteiger partial charge in [0.1, 0.15) is 11.4 Å².